The molecule has 5 rings (SSSR count). The van der Waals surface area contributed by atoms with Crippen molar-refractivity contribution in [3.05, 3.63) is 81.3 Å². The zero-order chi connectivity index (χ0) is 31.2. The number of carbonyl (C=O) groups is 3. The number of nitrogens with zero attached hydrogens (tertiary/aromatic N) is 3. The summed E-state index contributed by atoms with van der Waals surface area (Å²) in [5.41, 5.74) is -2.17. The highest BCUT2D eigenvalue weighted by Gasteiger charge is 2.43. The number of hydrogen-bond acceptors (Lipinski definition) is 5. The topological polar surface area (TPSA) is 125 Å². The second-order valence-corrected chi connectivity index (χ2v) is 11.7. The minimum atomic E-state index is -4.95. The van der Waals surface area contributed by atoms with Crippen molar-refractivity contribution >= 4 is 46.1 Å². The summed E-state index contributed by atoms with van der Waals surface area (Å²) in [5, 5.41) is 7.38. The van der Waals surface area contributed by atoms with Gasteiger partial charge in [-0.05, 0) is 42.8 Å². The maximum absolute atomic E-state index is 14.4. The Hall–Kier alpha value is -3.89. The standard InChI is InChI=1S/C26H22ClF5N6O4S/c1-33-25(41)22-35-21(36-23(39)12-7-13(26(30,31)32)9-15(29)8-12)20-19(16-10-14(28)3-4-17(16)27)34-24(40)18(38(20)22)11-37-5-2-6-43(37)42/h3-4,7-10,18-19H,2,5-6,11H2,1H3,(H,33,41)(H,34,40)(H,36,39). The van der Waals surface area contributed by atoms with Crippen molar-refractivity contribution in [2.45, 2.75) is 24.7 Å². The molecule has 228 valence electrons. The summed E-state index contributed by atoms with van der Waals surface area (Å²) in [6.45, 7) is 0.251. The summed E-state index contributed by atoms with van der Waals surface area (Å²) in [5.74, 6) is -5.15. The summed E-state index contributed by atoms with van der Waals surface area (Å²) < 4.78 is 83.6. The minimum absolute atomic E-state index is 0.00253. The van der Waals surface area contributed by atoms with Gasteiger partial charge in [0.25, 0.3) is 11.8 Å². The highest BCUT2D eigenvalue weighted by molar-refractivity contribution is 7.82. The van der Waals surface area contributed by atoms with Crippen molar-refractivity contribution in [1.82, 2.24) is 24.5 Å². The number of halogens is 6. The van der Waals surface area contributed by atoms with Gasteiger partial charge in [0.2, 0.25) is 11.7 Å². The highest BCUT2D eigenvalue weighted by atomic mass is 35.5. The lowest BCUT2D eigenvalue weighted by Crippen LogP contribution is -2.48. The van der Waals surface area contributed by atoms with Crippen LogP contribution in [0.5, 0.6) is 0 Å². The number of rotatable bonds is 6. The lowest BCUT2D eigenvalue weighted by Gasteiger charge is -2.34. The smallest absolute Gasteiger partial charge is 0.352 e. The van der Waals surface area contributed by atoms with Crippen molar-refractivity contribution in [2.75, 3.05) is 31.2 Å². The molecule has 2 aromatic carbocycles. The quantitative estimate of drug-likeness (QED) is 0.354. The van der Waals surface area contributed by atoms with Gasteiger partial charge in [-0.1, -0.05) is 11.6 Å². The fraction of sp³-hybridized carbons (Fsp3) is 0.308. The molecule has 43 heavy (non-hydrogen) atoms. The zero-order valence-electron chi connectivity index (χ0n) is 22.1. The summed E-state index contributed by atoms with van der Waals surface area (Å²) in [7, 11) is -0.133. The van der Waals surface area contributed by atoms with Crippen LogP contribution in [0.2, 0.25) is 5.02 Å². The Morgan fingerprint density at radius 1 is 1.14 bits per heavy atom. The van der Waals surface area contributed by atoms with Crippen molar-refractivity contribution in [3.8, 4) is 0 Å². The Kier molecular flexibility index (Phi) is 8.28. The van der Waals surface area contributed by atoms with E-state index in [0.29, 0.717) is 30.9 Å². The van der Waals surface area contributed by atoms with Gasteiger partial charge in [-0.25, -0.2) is 22.3 Å². The molecule has 0 spiro atoms. The Morgan fingerprint density at radius 3 is 2.53 bits per heavy atom. The first-order valence-electron chi connectivity index (χ1n) is 12.7. The molecule has 0 bridgehead atoms. The summed E-state index contributed by atoms with van der Waals surface area (Å²) >= 11 is 6.35. The molecule has 2 aliphatic rings. The van der Waals surface area contributed by atoms with Crippen molar-refractivity contribution in [1.29, 1.82) is 0 Å². The van der Waals surface area contributed by atoms with Gasteiger partial charge in [-0.2, -0.15) is 13.2 Å². The molecular formula is C26H22ClF5N6O4S. The highest BCUT2D eigenvalue weighted by Crippen LogP contribution is 2.39. The van der Waals surface area contributed by atoms with Crippen LogP contribution in [-0.4, -0.2) is 61.7 Å². The van der Waals surface area contributed by atoms with Gasteiger partial charge in [-0.3, -0.25) is 14.4 Å². The molecule has 3 atom stereocenters. The molecule has 0 aliphatic carbocycles. The van der Waals surface area contributed by atoms with Crippen LogP contribution in [0, 0.1) is 11.6 Å². The van der Waals surface area contributed by atoms with Gasteiger partial charge in [0, 0.05) is 42.0 Å². The van der Waals surface area contributed by atoms with Gasteiger partial charge in [0.1, 0.15) is 17.7 Å². The zero-order valence-corrected chi connectivity index (χ0v) is 23.7. The summed E-state index contributed by atoms with van der Waals surface area (Å²) in [4.78, 5) is 43.9. The van der Waals surface area contributed by atoms with E-state index in [4.69, 9.17) is 11.6 Å². The fourth-order valence-corrected chi connectivity index (χ4v) is 6.48. The molecule has 3 unspecified atom stereocenters. The lowest BCUT2D eigenvalue weighted by molar-refractivity contribution is -0.137. The van der Waals surface area contributed by atoms with E-state index >= 15 is 0 Å². The number of amides is 3. The number of carbonyl (C=O) groups excluding carboxylic acids is 3. The van der Waals surface area contributed by atoms with E-state index < -0.39 is 69.7 Å². The first kappa shape index (κ1) is 30.6. The molecule has 17 heteroatoms. The number of imidazole rings is 1. The predicted molar refractivity (Wildman–Crippen MR) is 145 cm³/mol. The van der Waals surface area contributed by atoms with Gasteiger partial charge in [-0.15, -0.1) is 0 Å². The first-order chi connectivity index (χ1) is 20.3. The fourth-order valence-electron chi connectivity index (χ4n) is 4.98. The van der Waals surface area contributed by atoms with Crippen LogP contribution in [0.25, 0.3) is 0 Å². The van der Waals surface area contributed by atoms with E-state index in [9.17, 15) is 40.5 Å². The van der Waals surface area contributed by atoms with E-state index in [2.05, 4.69) is 20.9 Å². The molecule has 3 heterocycles. The molecular weight excluding hydrogens is 623 g/mol. The van der Waals surface area contributed by atoms with E-state index in [1.807, 2.05) is 0 Å². The van der Waals surface area contributed by atoms with Gasteiger partial charge in [0.15, 0.2) is 5.82 Å². The van der Waals surface area contributed by atoms with Crippen molar-refractivity contribution in [2.24, 2.45) is 0 Å². The molecule has 0 radical (unpaired) electrons. The van der Waals surface area contributed by atoms with Crippen LogP contribution < -0.4 is 16.0 Å². The molecule has 2 aliphatic heterocycles. The normalized spacial score (nSPS) is 20.4. The second-order valence-electron chi connectivity index (χ2n) is 9.69. The van der Waals surface area contributed by atoms with Crippen LogP contribution in [0.4, 0.5) is 27.8 Å². The largest absolute Gasteiger partial charge is 0.416 e. The Bertz CT molecular complexity index is 1670. The van der Waals surface area contributed by atoms with E-state index in [0.717, 1.165) is 12.1 Å². The maximum Gasteiger partial charge on any atom is 0.416 e. The number of anilines is 1. The maximum atomic E-state index is 14.4. The summed E-state index contributed by atoms with van der Waals surface area (Å²) in [6.07, 6.45) is -4.36. The molecule has 1 fully saturated rings. The molecule has 1 aromatic heterocycles. The monoisotopic (exact) mass is 644 g/mol. The van der Waals surface area contributed by atoms with Crippen LogP contribution in [0.15, 0.2) is 36.4 Å². The number of nitrogens with one attached hydrogen (secondary N) is 3. The molecule has 10 nitrogen and oxygen atoms in total. The molecule has 3 amide bonds. The number of alkyl halides is 3. The number of hydrogen-bond donors (Lipinski definition) is 3. The third-order valence-electron chi connectivity index (χ3n) is 6.93. The Morgan fingerprint density at radius 2 is 1.88 bits per heavy atom. The van der Waals surface area contributed by atoms with Crippen LogP contribution >= 0.6 is 11.6 Å². The third-order valence-corrected chi connectivity index (χ3v) is 8.82. The number of benzene rings is 2. The van der Waals surface area contributed by atoms with Crippen LogP contribution in [0.1, 0.15) is 56.3 Å². The average Bonchev–Trinajstić information content (AvgIpc) is 3.53. The van der Waals surface area contributed by atoms with Crippen LogP contribution in [-0.2, 0) is 22.0 Å². The third kappa shape index (κ3) is 5.99. The molecule has 1 saturated heterocycles. The molecule has 0 saturated carbocycles. The SMILES string of the molecule is CNC(=O)c1nc(NC(=O)c2cc(F)cc(C(F)(F)F)c2)c2n1C(CN1CCCS1=O)C(=O)NC2c1cc(F)ccc1Cl. The first-order valence-corrected chi connectivity index (χ1v) is 14.4. The number of fused-ring (bicyclic) bond motifs is 1. The van der Waals surface area contributed by atoms with Crippen molar-refractivity contribution < 1.29 is 40.5 Å². The summed E-state index contributed by atoms with van der Waals surface area (Å²) in [6, 6.07) is 2.03. The Balaban J connectivity index is 1.68. The lowest BCUT2D eigenvalue weighted by atomic mass is 9.98. The van der Waals surface area contributed by atoms with E-state index in [1.165, 1.54) is 22.0 Å². The minimum Gasteiger partial charge on any atom is -0.352 e. The van der Waals surface area contributed by atoms with Gasteiger partial charge in [0.05, 0.1) is 28.3 Å². The predicted octanol–water partition coefficient (Wildman–Crippen LogP) is 3.58. The Labute approximate surface area is 248 Å². The average molecular weight is 645 g/mol. The molecule has 3 N–H and O–H groups in total. The molecule has 3 aromatic rings. The van der Waals surface area contributed by atoms with E-state index in [-0.39, 0.29) is 40.5 Å². The number of aromatic nitrogens is 2. The van der Waals surface area contributed by atoms with E-state index in [1.54, 1.807) is 0 Å². The van der Waals surface area contributed by atoms with Gasteiger partial charge >= 0.3 is 6.18 Å². The van der Waals surface area contributed by atoms with Gasteiger partial charge < -0.3 is 20.5 Å². The van der Waals surface area contributed by atoms with Crippen molar-refractivity contribution in [3.63, 3.8) is 0 Å². The second kappa shape index (κ2) is 11.7. The van der Waals surface area contributed by atoms with Crippen LogP contribution in [0.3, 0.4) is 0 Å².